The molecule has 0 N–H and O–H groups in total. The lowest BCUT2D eigenvalue weighted by molar-refractivity contribution is -0.568. The van der Waals surface area contributed by atoms with E-state index in [0.29, 0.717) is 30.3 Å². The number of ether oxygens (including phenoxy) is 3. The summed E-state index contributed by atoms with van der Waals surface area (Å²) in [7, 11) is 0. The molecule has 4 aliphatic heterocycles. The molecule has 0 aromatic heterocycles. The number of thioether (sulfide) groups is 1. The maximum atomic E-state index is 11.9. The Balaban J connectivity index is 1.40. The van der Waals surface area contributed by atoms with Gasteiger partial charge in [-0.1, -0.05) is 13.8 Å². The molecular weight excluding hydrogens is 404 g/mol. The monoisotopic (exact) mass is 442 g/mol. The van der Waals surface area contributed by atoms with Crippen LogP contribution in [0.5, 0.6) is 0 Å². The van der Waals surface area contributed by atoms with Crippen molar-refractivity contribution >= 4 is 17.7 Å². The fraction of sp³-hybridized carbons (Fsp3) is 0.957. The van der Waals surface area contributed by atoms with Gasteiger partial charge in [0.2, 0.25) is 5.79 Å². The molecule has 5 fully saturated rings. The quantitative estimate of drug-likeness (QED) is 0.341. The van der Waals surface area contributed by atoms with Crippen molar-refractivity contribution in [1.29, 1.82) is 0 Å². The molecule has 0 unspecified atom stereocenters. The highest BCUT2D eigenvalue weighted by Crippen LogP contribution is 2.61. The zero-order chi connectivity index (χ0) is 21.7. The molecule has 5 aliphatic rings. The second-order valence-corrected chi connectivity index (χ2v) is 12.1. The normalized spacial score (nSPS) is 45.5. The molecule has 2 bridgehead atoms. The van der Waals surface area contributed by atoms with Crippen LogP contribution in [0.4, 0.5) is 0 Å². The highest BCUT2D eigenvalue weighted by atomic mass is 32.2. The van der Waals surface area contributed by atoms with Gasteiger partial charge in [0.25, 0.3) is 0 Å². The van der Waals surface area contributed by atoms with Crippen molar-refractivity contribution in [2.75, 3.05) is 12.4 Å². The van der Waals surface area contributed by atoms with Crippen LogP contribution in [0.15, 0.2) is 0 Å². The van der Waals surface area contributed by atoms with Crippen LogP contribution in [0.25, 0.3) is 0 Å². The van der Waals surface area contributed by atoms with Gasteiger partial charge in [-0.15, -0.1) is 11.8 Å². The molecule has 5 rings (SSSR count). The average molecular weight is 443 g/mol. The fourth-order valence-corrected chi connectivity index (χ4v) is 6.89. The highest BCUT2D eigenvalue weighted by Gasteiger charge is 2.69. The zero-order valence-electron chi connectivity index (χ0n) is 19.3. The van der Waals surface area contributed by atoms with Crippen LogP contribution < -0.4 is 0 Å². The molecule has 6 nitrogen and oxygen atoms in total. The number of carbonyl (C=O) groups excluding carboxylic acids is 1. The summed E-state index contributed by atoms with van der Waals surface area (Å²) in [5.41, 5.74) is -0.901. The van der Waals surface area contributed by atoms with E-state index in [4.69, 9.17) is 24.0 Å². The first-order chi connectivity index (χ1) is 14.1. The Morgan fingerprint density at radius 3 is 2.63 bits per heavy atom. The average Bonchev–Trinajstić information content (AvgIpc) is 2.90. The van der Waals surface area contributed by atoms with E-state index in [1.807, 2.05) is 27.7 Å². The molecule has 4 saturated heterocycles. The topological polar surface area (TPSA) is 63.2 Å². The van der Waals surface area contributed by atoms with Gasteiger partial charge in [-0.2, -0.15) is 0 Å². The van der Waals surface area contributed by atoms with Crippen LogP contribution in [-0.2, 0) is 28.8 Å². The Labute approximate surface area is 185 Å². The van der Waals surface area contributed by atoms with Crippen molar-refractivity contribution in [3.05, 3.63) is 0 Å². The Bertz CT molecular complexity index is 650. The van der Waals surface area contributed by atoms with Crippen molar-refractivity contribution in [3.8, 4) is 0 Å². The summed E-state index contributed by atoms with van der Waals surface area (Å²) in [4.78, 5) is 24.0. The number of esters is 1. The third kappa shape index (κ3) is 3.94. The summed E-state index contributed by atoms with van der Waals surface area (Å²) in [6.07, 6.45) is 4.65. The van der Waals surface area contributed by atoms with E-state index in [-0.39, 0.29) is 17.7 Å². The van der Waals surface area contributed by atoms with Crippen molar-refractivity contribution in [3.63, 3.8) is 0 Å². The number of carbonyl (C=O) groups is 1. The van der Waals surface area contributed by atoms with Gasteiger partial charge in [0.15, 0.2) is 11.9 Å². The van der Waals surface area contributed by atoms with E-state index in [2.05, 4.69) is 13.8 Å². The van der Waals surface area contributed by atoms with Crippen molar-refractivity contribution < 1.29 is 28.8 Å². The zero-order valence-corrected chi connectivity index (χ0v) is 20.1. The van der Waals surface area contributed by atoms with Gasteiger partial charge in [0, 0.05) is 12.3 Å². The molecule has 1 aliphatic carbocycles. The smallest absolute Gasteiger partial charge is 0.311 e. The van der Waals surface area contributed by atoms with Crippen LogP contribution in [0, 0.1) is 29.1 Å². The lowest BCUT2D eigenvalue weighted by Gasteiger charge is -2.60. The second kappa shape index (κ2) is 8.22. The molecule has 172 valence electrons. The van der Waals surface area contributed by atoms with Crippen LogP contribution in [0.1, 0.15) is 73.6 Å². The Morgan fingerprint density at radius 2 is 1.90 bits per heavy atom. The van der Waals surface area contributed by atoms with E-state index >= 15 is 0 Å². The molecule has 1 spiro atoms. The van der Waals surface area contributed by atoms with Crippen LogP contribution >= 0.6 is 11.8 Å². The van der Waals surface area contributed by atoms with Gasteiger partial charge in [-0.25, -0.2) is 9.78 Å². The van der Waals surface area contributed by atoms with Crippen molar-refractivity contribution in [1.82, 2.24) is 0 Å². The van der Waals surface area contributed by atoms with Crippen molar-refractivity contribution in [2.45, 2.75) is 96.8 Å². The molecule has 0 amide bonds. The molecule has 8 atom stereocenters. The minimum atomic E-state index is -0.728. The summed E-state index contributed by atoms with van der Waals surface area (Å²) >= 11 is 1.81. The summed E-state index contributed by atoms with van der Waals surface area (Å²) < 4.78 is 18.4. The first kappa shape index (κ1) is 22.8. The van der Waals surface area contributed by atoms with Gasteiger partial charge >= 0.3 is 5.97 Å². The summed E-state index contributed by atoms with van der Waals surface area (Å²) in [6.45, 7) is 12.7. The van der Waals surface area contributed by atoms with Crippen LogP contribution in [0.3, 0.4) is 0 Å². The predicted molar refractivity (Wildman–Crippen MR) is 114 cm³/mol. The van der Waals surface area contributed by atoms with E-state index in [9.17, 15) is 4.79 Å². The molecular formula is C23H38O6S. The molecule has 4 heterocycles. The number of hydrogen-bond donors (Lipinski definition) is 0. The molecule has 0 aromatic carbocycles. The first-order valence-corrected chi connectivity index (χ1v) is 12.6. The van der Waals surface area contributed by atoms with Crippen LogP contribution in [-0.4, -0.2) is 41.4 Å². The third-order valence-corrected chi connectivity index (χ3v) is 8.91. The highest BCUT2D eigenvalue weighted by molar-refractivity contribution is 7.99. The first-order valence-electron chi connectivity index (χ1n) is 11.6. The standard InChI is InChI=1S/C23H38O6S/c1-14-8-9-17-15(2)18(30-13-7-12-25-19(24)21(3,4)5)26-20-23(17)16(14)10-11-22(6,27-20)28-29-23/h14-18,20H,7-13H2,1-6H3/t14-,15-,16+,17+,18+,20-,22+,23-/m1/s1. The minimum absolute atomic E-state index is 0.0459. The van der Waals surface area contributed by atoms with E-state index in [0.717, 1.165) is 31.4 Å². The largest absolute Gasteiger partial charge is 0.465 e. The second-order valence-electron chi connectivity index (χ2n) is 10.9. The van der Waals surface area contributed by atoms with Crippen molar-refractivity contribution in [2.24, 2.45) is 29.1 Å². The summed E-state index contributed by atoms with van der Waals surface area (Å²) in [6, 6.07) is 0. The summed E-state index contributed by atoms with van der Waals surface area (Å²) in [5, 5.41) is 0. The van der Waals surface area contributed by atoms with E-state index in [1.54, 1.807) is 11.8 Å². The lowest BCUT2D eigenvalue weighted by atomic mass is 9.58. The number of rotatable bonds is 5. The summed E-state index contributed by atoms with van der Waals surface area (Å²) in [5.74, 6) is 1.68. The molecule has 7 heteroatoms. The van der Waals surface area contributed by atoms with Gasteiger partial charge < -0.3 is 14.2 Å². The van der Waals surface area contributed by atoms with Gasteiger partial charge in [-0.3, -0.25) is 4.79 Å². The predicted octanol–water partition coefficient (Wildman–Crippen LogP) is 4.91. The SMILES string of the molecule is C[C@H]1[C@H](SCCCOC(=O)C(C)(C)C)O[C@@H]2O[C@]3(C)CC[C@H]4[C@H](C)CC[C@@H]1[C@@]24OO3. The van der Waals surface area contributed by atoms with E-state index in [1.165, 1.54) is 6.42 Å². The molecule has 1 saturated carbocycles. The fourth-order valence-electron chi connectivity index (χ4n) is 5.70. The van der Waals surface area contributed by atoms with Gasteiger partial charge in [0.05, 0.1) is 12.0 Å². The molecule has 0 radical (unpaired) electrons. The lowest BCUT2D eigenvalue weighted by Crippen LogP contribution is -2.70. The van der Waals surface area contributed by atoms with Crippen LogP contribution in [0.2, 0.25) is 0 Å². The Morgan fingerprint density at radius 1 is 1.13 bits per heavy atom. The Kier molecular flexibility index (Phi) is 6.26. The minimum Gasteiger partial charge on any atom is -0.465 e. The Hall–Kier alpha value is -0.340. The number of fused-ring (bicyclic) bond motifs is 2. The van der Waals surface area contributed by atoms with Gasteiger partial charge in [0.1, 0.15) is 5.44 Å². The maximum absolute atomic E-state index is 11.9. The van der Waals surface area contributed by atoms with Gasteiger partial charge in [-0.05, 0) is 76.9 Å². The maximum Gasteiger partial charge on any atom is 0.311 e. The van der Waals surface area contributed by atoms with E-state index < -0.39 is 16.8 Å². The number of hydrogen-bond acceptors (Lipinski definition) is 7. The molecule has 30 heavy (non-hydrogen) atoms. The third-order valence-electron chi connectivity index (χ3n) is 7.51. The molecule has 0 aromatic rings.